The first-order valence-electron chi connectivity index (χ1n) is 10.1. The number of aromatic amines is 1. The molecule has 2 amide bonds. The van der Waals surface area contributed by atoms with Crippen LogP contribution in [0.5, 0.6) is 0 Å². The van der Waals surface area contributed by atoms with Gasteiger partial charge in [0.25, 0.3) is 5.91 Å². The Labute approximate surface area is 195 Å². The molecule has 1 aromatic carbocycles. The monoisotopic (exact) mass is 475 g/mol. The maximum Gasteiger partial charge on any atom is 0.319 e. The minimum Gasteiger partial charge on any atom is -0.342 e. The molecular formula is C23H24ClF2N5O2. The summed E-state index contributed by atoms with van der Waals surface area (Å²) in [7, 11) is 0. The number of H-pyrrole nitrogens is 1. The van der Waals surface area contributed by atoms with Gasteiger partial charge in [0.1, 0.15) is 0 Å². The van der Waals surface area contributed by atoms with E-state index in [0.717, 1.165) is 0 Å². The van der Waals surface area contributed by atoms with Gasteiger partial charge in [-0.25, -0.2) is 4.98 Å². The van der Waals surface area contributed by atoms with E-state index in [-0.39, 0.29) is 11.4 Å². The van der Waals surface area contributed by atoms with E-state index >= 15 is 0 Å². The number of alkyl halides is 2. The Morgan fingerprint density at radius 3 is 2.48 bits per heavy atom. The Hall–Kier alpha value is -3.33. The van der Waals surface area contributed by atoms with Crippen molar-refractivity contribution < 1.29 is 18.4 Å². The summed E-state index contributed by atoms with van der Waals surface area (Å²) in [5, 5.41) is 3.00. The predicted octanol–water partition coefficient (Wildman–Crippen LogP) is 4.96. The average molecular weight is 476 g/mol. The van der Waals surface area contributed by atoms with Crippen molar-refractivity contribution in [1.29, 1.82) is 0 Å². The van der Waals surface area contributed by atoms with Crippen LogP contribution >= 0.6 is 11.6 Å². The second kappa shape index (κ2) is 9.66. The molecule has 1 atom stereocenters. The Morgan fingerprint density at radius 2 is 1.91 bits per heavy atom. The molecule has 1 unspecified atom stereocenters. The fourth-order valence-corrected chi connectivity index (χ4v) is 3.40. The van der Waals surface area contributed by atoms with Crippen LogP contribution in [0, 0.1) is 12.3 Å². The fourth-order valence-electron chi connectivity index (χ4n) is 3.21. The van der Waals surface area contributed by atoms with Gasteiger partial charge in [0.2, 0.25) is 5.91 Å². The minimum absolute atomic E-state index is 0.0161. The molecule has 2 N–H and O–H groups in total. The molecule has 0 radical (unpaired) electrons. The summed E-state index contributed by atoms with van der Waals surface area (Å²) in [5.41, 5.74) is 0.699. The van der Waals surface area contributed by atoms with Gasteiger partial charge in [0.05, 0.1) is 11.3 Å². The van der Waals surface area contributed by atoms with Gasteiger partial charge in [-0.15, -0.1) is 0 Å². The van der Waals surface area contributed by atoms with E-state index in [9.17, 15) is 18.4 Å². The van der Waals surface area contributed by atoms with E-state index in [1.165, 1.54) is 39.2 Å². The highest BCUT2D eigenvalue weighted by Crippen LogP contribution is 2.31. The molecule has 2 heterocycles. The van der Waals surface area contributed by atoms with Crippen LogP contribution in [0.1, 0.15) is 48.8 Å². The molecule has 0 aliphatic heterocycles. The first kappa shape index (κ1) is 24.3. The van der Waals surface area contributed by atoms with Crippen LogP contribution in [0.3, 0.4) is 0 Å². The second-order valence-electron chi connectivity index (χ2n) is 8.46. The zero-order valence-corrected chi connectivity index (χ0v) is 19.3. The molecule has 0 bridgehead atoms. The SMILES string of the molecule is Cc1[nH]c(C(NC(=O)c2cccnc2)N(C(=O)C(C)(C)C)C(F)F)nc1-c1cccc(Cl)c1. The minimum atomic E-state index is -3.20. The van der Waals surface area contributed by atoms with Crippen molar-refractivity contribution in [2.24, 2.45) is 5.41 Å². The third-order valence-corrected chi connectivity index (χ3v) is 5.05. The van der Waals surface area contributed by atoms with Crippen LogP contribution in [0.25, 0.3) is 11.3 Å². The van der Waals surface area contributed by atoms with E-state index in [1.807, 2.05) is 0 Å². The van der Waals surface area contributed by atoms with Crippen LogP contribution in [0.15, 0.2) is 48.8 Å². The first-order valence-corrected chi connectivity index (χ1v) is 10.5. The summed E-state index contributed by atoms with van der Waals surface area (Å²) in [6.45, 7) is 3.09. The number of amides is 2. The molecule has 7 nitrogen and oxygen atoms in total. The smallest absolute Gasteiger partial charge is 0.319 e. The van der Waals surface area contributed by atoms with E-state index < -0.39 is 29.9 Å². The summed E-state index contributed by atoms with van der Waals surface area (Å²) >= 11 is 6.08. The van der Waals surface area contributed by atoms with Crippen molar-refractivity contribution >= 4 is 23.4 Å². The van der Waals surface area contributed by atoms with Gasteiger partial charge in [-0.2, -0.15) is 8.78 Å². The second-order valence-corrected chi connectivity index (χ2v) is 8.90. The van der Waals surface area contributed by atoms with Gasteiger partial charge >= 0.3 is 6.55 Å². The lowest BCUT2D eigenvalue weighted by Crippen LogP contribution is -2.51. The number of nitrogens with one attached hydrogen (secondary N) is 2. The lowest BCUT2D eigenvalue weighted by Gasteiger charge is -2.34. The standard InChI is InChI=1S/C23H24ClF2N5O2/c1-13-17(14-7-5-9-16(24)11-14)29-18(28-13)19(30-20(32)15-8-6-10-27-12-15)31(22(25)26)21(33)23(2,3)4/h5-12,19,22H,1-4H3,(H,28,29)(H,30,32). The molecule has 2 aromatic heterocycles. The Bertz CT molecular complexity index is 1150. The normalized spacial score (nSPS) is 12.5. The van der Waals surface area contributed by atoms with Crippen LogP contribution in [-0.4, -0.2) is 38.2 Å². The zero-order chi connectivity index (χ0) is 24.3. The summed E-state index contributed by atoms with van der Waals surface area (Å²) < 4.78 is 28.5. The highest BCUT2D eigenvalue weighted by atomic mass is 35.5. The van der Waals surface area contributed by atoms with Crippen LogP contribution in [0.2, 0.25) is 5.02 Å². The molecular weight excluding hydrogens is 452 g/mol. The zero-order valence-electron chi connectivity index (χ0n) is 18.6. The molecule has 33 heavy (non-hydrogen) atoms. The third-order valence-electron chi connectivity index (χ3n) is 4.82. The Balaban J connectivity index is 2.09. The maximum absolute atomic E-state index is 14.2. The van der Waals surface area contributed by atoms with Gasteiger partial charge in [-0.05, 0) is 31.2 Å². The van der Waals surface area contributed by atoms with E-state index in [1.54, 1.807) is 37.3 Å². The van der Waals surface area contributed by atoms with Gasteiger partial charge in [0, 0.05) is 34.1 Å². The van der Waals surface area contributed by atoms with Crippen molar-refractivity contribution in [3.63, 3.8) is 0 Å². The van der Waals surface area contributed by atoms with Crippen molar-refractivity contribution in [2.45, 2.75) is 40.4 Å². The quantitative estimate of drug-likeness (QED) is 0.389. The number of aryl methyl sites for hydroxylation is 1. The van der Waals surface area contributed by atoms with Gasteiger partial charge < -0.3 is 10.3 Å². The maximum atomic E-state index is 14.2. The lowest BCUT2D eigenvalue weighted by atomic mass is 9.94. The Kier molecular flexibility index (Phi) is 7.12. The topological polar surface area (TPSA) is 91.0 Å². The lowest BCUT2D eigenvalue weighted by molar-refractivity contribution is -0.160. The van der Waals surface area contributed by atoms with E-state index in [4.69, 9.17) is 11.6 Å². The first-order chi connectivity index (χ1) is 15.5. The van der Waals surface area contributed by atoms with Crippen LogP contribution in [-0.2, 0) is 4.79 Å². The number of imidazole rings is 1. The third kappa shape index (κ3) is 5.54. The summed E-state index contributed by atoms with van der Waals surface area (Å²) in [5.74, 6) is -1.55. The Morgan fingerprint density at radius 1 is 1.18 bits per heavy atom. The van der Waals surface area contributed by atoms with E-state index in [0.29, 0.717) is 26.9 Å². The summed E-state index contributed by atoms with van der Waals surface area (Å²) in [6, 6.07) is 9.93. The van der Waals surface area contributed by atoms with Gasteiger partial charge in [-0.3, -0.25) is 19.5 Å². The molecule has 0 saturated heterocycles. The van der Waals surface area contributed by atoms with Crippen LogP contribution in [0.4, 0.5) is 8.78 Å². The molecule has 3 rings (SSSR count). The number of benzene rings is 1. The van der Waals surface area contributed by atoms with Crippen molar-refractivity contribution in [2.75, 3.05) is 0 Å². The molecule has 0 aliphatic rings. The number of carbonyl (C=O) groups excluding carboxylic acids is 2. The van der Waals surface area contributed by atoms with Crippen molar-refractivity contribution in [3.8, 4) is 11.3 Å². The number of nitrogens with zero attached hydrogens (tertiary/aromatic N) is 3. The number of carbonyl (C=O) groups is 2. The summed E-state index contributed by atoms with van der Waals surface area (Å²) in [4.78, 5) is 37.4. The molecule has 0 fully saturated rings. The fraction of sp³-hybridized carbons (Fsp3) is 0.304. The van der Waals surface area contributed by atoms with E-state index in [2.05, 4.69) is 20.3 Å². The number of rotatable bonds is 6. The number of aromatic nitrogens is 3. The molecule has 0 spiro atoms. The number of hydrogen-bond donors (Lipinski definition) is 2. The van der Waals surface area contributed by atoms with Crippen LogP contribution < -0.4 is 5.32 Å². The molecule has 3 aromatic rings. The number of hydrogen-bond acceptors (Lipinski definition) is 4. The highest BCUT2D eigenvalue weighted by molar-refractivity contribution is 6.30. The number of halogens is 3. The highest BCUT2D eigenvalue weighted by Gasteiger charge is 2.40. The molecule has 10 heteroatoms. The van der Waals surface area contributed by atoms with Crippen molar-refractivity contribution in [1.82, 2.24) is 25.2 Å². The number of pyridine rings is 1. The largest absolute Gasteiger partial charge is 0.342 e. The molecule has 0 aliphatic carbocycles. The predicted molar refractivity (Wildman–Crippen MR) is 121 cm³/mol. The molecule has 174 valence electrons. The average Bonchev–Trinajstić information content (AvgIpc) is 3.14. The molecule has 0 saturated carbocycles. The summed E-state index contributed by atoms with van der Waals surface area (Å²) in [6.07, 6.45) is 1.22. The van der Waals surface area contributed by atoms with Crippen molar-refractivity contribution in [3.05, 3.63) is 70.9 Å². The van der Waals surface area contributed by atoms with Gasteiger partial charge in [0.15, 0.2) is 12.0 Å². The van der Waals surface area contributed by atoms with Gasteiger partial charge in [-0.1, -0.05) is 44.5 Å².